The second-order valence-corrected chi connectivity index (χ2v) is 29.4. The summed E-state index contributed by atoms with van der Waals surface area (Å²) in [5, 5.41) is 42.6. The maximum Gasteiger partial charge on any atom is 0.306 e. The normalized spacial score (nSPS) is 22.2. The van der Waals surface area contributed by atoms with Gasteiger partial charge in [0.05, 0.1) is 65.4 Å². The molecule has 5 N–H and O–H groups in total. The number of β-amino-alcohol motifs (C(OH)–C–C–N with tert-alkyl or cyclic N) is 1. The molecule has 0 radical (unpaired) electrons. The van der Waals surface area contributed by atoms with Gasteiger partial charge in [-0.3, -0.25) is 19.3 Å². The van der Waals surface area contributed by atoms with Crippen LogP contribution >= 0.6 is 23.1 Å². The Morgan fingerprint density at radius 3 is 2.38 bits per heavy atom. The van der Waals surface area contributed by atoms with Gasteiger partial charge in [0.15, 0.2) is 17.8 Å². The number of hydrogen-bond donors (Lipinski definition) is 5. The highest BCUT2D eigenvalue weighted by molar-refractivity contribution is 7.99. The fourth-order valence-corrected chi connectivity index (χ4v) is 15.5. The van der Waals surface area contributed by atoms with E-state index < -0.39 is 46.3 Å². The number of piperidine rings is 1. The SMILES string of the molecule is Cc1c(O)cccc1C(=O)N[C@@H](CSc1ccccc1)[C@H](O)CN1C[C@H]2CCCC[C@H]2C[C@H]1C(=O)NC(C)(C)C.Cc1nc(COc2ccc(C[C@H](CC(=O)O[C@H]3CO[C@H]4OCC[C@H]43)[C@H](O)CN(CC(C)C)S(=O)(=O)c3ccc4c(c3)OCO4)cc2)cs1. The number of thiazole rings is 1. The van der Waals surface area contributed by atoms with Gasteiger partial charge in [-0.15, -0.1) is 23.1 Å². The number of nitrogens with zero attached hydrogens (tertiary/aromatic N) is 3. The number of rotatable bonds is 24. The minimum atomic E-state index is -4.04. The molecule has 1 aromatic heterocycles. The van der Waals surface area contributed by atoms with Crippen LogP contribution in [-0.4, -0.2) is 150 Å². The van der Waals surface area contributed by atoms with Gasteiger partial charge >= 0.3 is 5.97 Å². The van der Waals surface area contributed by atoms with E-state index in [1.165, 1.54) is 29.3 Å². The molecular weight excluding hydrogens is 1180 g/mol. The number of aliphatic hydroxyl groups is 2. The number of fused-ring (bicyclic) bond motifs is 3. The summed E-state index contributed by atoms with van der Waals surface area (Å²) < 4.78 is 62.9. The van der Waals surface area contributed by atoms with Crippen LogP contribution in [0.1, 0.15) is 112 Å². The van der Waals surface area contributed by atoms with Crippen LogP contribution in [0.15, 0.2) is 106 Å². The second kappa shape index (κ2) is 30.3. The quantitative estimate of drug-likeness (QED) is 0.0286. The molecule has 5 aromatic rings. The fraction of sp³-hybridized carbons (Fsp3) is 0.545. The van der Waals surface area contributed by atoms with Crippen molar-refractivity contribution >= 4 is 50.9 Å². The van der Waals surface area contributed by atoms with Crippen molar-refractivity contribution in [1.82, 2.24) is 24.8 Å². The predicted octanol–water partition coefficient (Wildman–Crippen LogP) is 9.07. The lowest BCUT2D eigenvalue weighted by Crippen LogP contribution is -2.60. The van der Waals surface area contributed by atoms with Crippen molar-refractivity contribution in [2.75, 3.05) is 51.9 Å². The Bertz CT molecular complexity index is 3240. The first-order valence-electron chi connectivity index (χ1n) is 30.7. The number of phenolic OH excluding ortho intramolecular Hbond substituents is 1. The molecule has 0 spiro atoms. The lowest BCUT2D eigenvalue weighted by atomic mass is 9.72. The number of hydrogen-bond acceptors (Lipinski definition) is 18. The molecule has 5 heterocycles. The van der Waals surface area contributed by atoms with Crippen LogP contribution in [0.4, 0.5) is 0 Å². The molecule has 19 nitrogen and oxygen atoms in total. The van der Waals surface area contributed by atoms with E-state index in [1.807, 2.05) is 102 Å². The molecule has 22 heteroatoms. The zero-order valence-corrected chi connectivity index (χ0v) is 54.0. The van der Waals surface area contributed by atoms with E-state index in [0.717, 1.165) is 53.4 Å². The highest BCUT2D eigenvalue weighted by Gasteiger charge is 2.45. The third-order valence-electron chi connectivity index (χ3n) is 16.9. The largest absolute Gasteiger partial charge is 0.508 e. The highest BCUT2D eigenvalue weighted by Crippen LogP contribution is 2.40. The minimum Gasteiger partial charge on any atom is -0.508 e. The number of aryl methyl sites for hydroxylation is 1. The molecule has 3 saturated heterocycles. The average Bonchev–Trinajstić information content (AvgIpc) is 4.22. The smallest absolute Gasteiger partial charge is 0.306 e. The molecule has 4 aliphatic heterocycles. The Morgan fingerprint density at radius 1 is 0.898 bits per heavy atom. The number of nitrogens with one attached hydrogen (secondary N) is 2. The summed E-state index contributed by atoms with van der Waals surface area (Å²) in [7, 11) is -4.04. The van der Waals surface area contributed by atoms with Crippen LogP contribution in [0.5, 0.6) is 23.0 Å². The number of carbonyl (C=O) groups is 3. The minimum absolute atomic E-state index is 0.0124. The molecule has 4 aromatic carbocycles. The van der Waals surface area contributed by atoms with E-state index in [0.29, 0.717) is 72.1 Å². The van der Waals surface area contributed by atoms with Gasteiger partial charge in [0.1, 0.15) is 24.2 Å². The molecule has 478 valence electrons. The average molecular weight is 1270 g/mol. The number of aromatic hydroxyl groups is 1. The third kappa shape index (κ3) is 18.0. The zero-order valence-electron chi connectivity index (χ0n) is 51.5. The molecule has 5 aliphatic rings. The van der Waals surface area contributed by atoms with Crippen molar-refractivity contribution in [3.8, 4) is 23.0 Å². The number of likely N-dealkylation sites (tertiary alicyclic amines) is 1. The molecule has 10 atom stereocenters. The number of sulfonamides is 1. The molecule has 0 bridgehead atoms. The lowest BCUT2D eigenvalue weighted by Gasteiger charge is -2.47. The lowest BCUT2D eigenvalue weighted by molar-refractivity contribution is -0.153. The second-order valence-electron chi connectivity index (χ2n) is 25.3. The molecule has 10 rings (SSSR count). The monoisotopic (exact) mass is 1270 g/mol. The number of thioether (sulfide) groups is 1. The molecule has 4 fully saturated rings. The number of benzene rings is 4. The summed E-state index contributed by atoms with van der Waals surface area (Å²) in [6.45, 7) is 15.6. The Kier molecular flexibility index (Phi) is 23.0. The Labute approximate surface area is 526 Å². The van der Waals surface area contributed by atoms with Crippen LogP contribution in [0.2, 0.25) is 0 Å². The Balaban J connectivity index is 0.000000213. The van der Waals surface area contributed by atoms with E-state index in [2.05, 4.69) is 20.5 Å². The molecule has 2 amide bonds. The number of aromatic nitrogens is 1. The number of aliphatic hydroxyl groups excluding tert-OH is 2. The Hall–Kier alpha value is -5.82. The number of ether oxygens (including phenoxy) is 6. The van der Waals surface area contributed by atoms with E-state index >= 15 is 0 Å². The predicted molar refractivity (Wildman–Crippen MR) is 336 cm³/mol. The van der Waals surface area contributed by atoms with Gasteiger partial charge in [0, 0.05) is 70.9 Å². The van der Waals surface area contributed by atoms with E-state index in [9.17, 15) is 38.1 Å². The van der Waals surface area contributed by atoms with Gasteiger partial charge < -0.3 is 54.4 Å². The Morgan fingerprint density at radius 2 is 1.65 bits per heavy atom. The van der Waals surface area contributed by atoms with Crippen molar-refractivity contribution in [1.29, 1.82) is 0 Å². The van der Waals surface area contributed by atoms with Gasteiger partial charge in [-0.05, 0) is 132 Å². The summed E-state index contributed by atoms with van der Waals surface area (Å²) in [5.74, 6) is 1.57. The number of esters is 1. The molecular formula is C66H87N5O14S3. The first-order chi connectivity index (χ1) is 42.1. The third-order valence-corrected chi connectivity index (χ3v) is 20.7. The fourth-order valence-electron chi connectivity index (χ4n) is 12.3. The summed E-state index contributed by atoms with van der Waals surface area (Å²) in [5.41, 5.74) is 2.25. The molecule has 1 saturated carbocycles. The number of amides is 2. The number of phenols is 1. The van der Waals surface area contributed by atoms with Crippen molar-refractivity contribution in [2.24, 2.45) is 29.6 Å². The summed E-state index contributed by atoms with van der Waals surface area (Å²) in [6, 6.07) is 25.8. The van der Waals surface area contributed by atoms with Gasteiger partial charge in [0.2, 0.25) is 22.7 Å². The molecule has 1 aliphatic carbocycles. The van der Waals surface area contributed by atoms with Crippen molar-refractivity contribution < 1.29 is 66.5 Å². The first-order valence-corrected chi connectivity index (χ1v) is 34.0. The van der Waals surface area contributed by atoms with Gasteiger partial charge in [-0.25, -0.2) is 13.4 Å². The molecule has 0 unspecified atom stereocenters. The van der Waals surface area contributed by atoms with Crippen LogP contribution in [0.25, 0.3) is 0 Å². The summed E-state index contributed by atoms with van der Waals surface area (Å²) in [6.07, 6.45) is 3.62. The van der Waals surface area contributed by atoms with E-state index in [4.69, 9.17) is 28.4 Å². The van der Waals surface area contributed by atoms with Crippen LogP contribution in [-0.2, 0) is 46.9 Å². The van der Waals surface area contributed by atoms with E-state index in [-0.39, 0.29) is 85.1 Å². The van der Waals surface area contributed by atoms with Crippen LogP contribution < -0.4 is 24.8 Å². The standard InChI is InChI=1S/C34H42N2O10S2.C32H45N3O4S/c1-21(2)15-36(48(39,40)27-8-9-30-31(14-27)45-20-44-30)16-29(37)24(13-33(38)46-32-18-43-34-28(32)10-11-41-34)12-23-4-6-26(7-5-23)42-17-25-19-47-22(3)35-25;1-21-25(15-10-16-28(21)36)30(38)33-26(20-40-24-13-6-5-7-14-24)29(37)19-35-18-23-12-9-8-11-22(23)17-27(35)31(39)34-32(2,3)4/h4-9,14,19,21,24,28-29,32,34,37H,10-13,15-18,20H2,1-3H3;5-7,10,13-16,22-23,26-27,29,36-37H,8-9,11-12,17-20H2,1-4H3,(H,33,38)(H,34,39)/t24-,28+,29-,32+,34-;22-,23+,26-,27-,29+/m10/s1. The van der Waals surface area contributed by atoms with Crippen molar-refractivity contribution in [3.05, 3.63) is 124 Å². The first kappa shape index (κ1) is 66.6. The van der Waals surface area contributed by atoms with Gasteiger partial charge in [-0.1, -0.05) is 69.5 Å². The summed E-state index contributed by atoms with van der Waals surface area (Å²) in [4.78, 5) is 47.8. The number of carbonyl (C=O) groups excluding carboxylic acids is 3. The van der Waals surface area contributed by atoms with E-state index in [1.54, 1.807) is 54.3 Å². The van der Waals surface area contributed by atoms with Crippen molar-refractivity contribution in [2.45, 2.75) is 158 Å². The molecule has 88 heavy (non-hydrogen) atoms. The van der Waals surface area contributed by atoms with Crippen molar-refractivity contribution in [3.63, 3.8) is 0 Å². The topological polar surface area (TPSA) is 245 Å². The van der Waals surface area contributed by atoms with Crippen LogP contribution in [0, 0.1) is 43.4 Å². The maximum absolute atomic E-state index is 13.9. The van der Waals surface area contributed by atoms with Gasteiger partial charge in [-0.2, -0.15) is 4.31 Å². The van der Waals surface area contributed by atoms with Gasteiger partial charge in [0.25, 0.3) is 5.91 Å². The zero-order chi connectivity index (χ0) is 62.7. The van der Waals surface area contributed by atoms with Crippen LogP contribution in [0.3, 0.4) is 0 Å². The maximum atomic E-state index is 13.9. The summed E-state index contributed by atoms with van der Waals surface area (Å²) >= 11 is 3.14. The highest BCUT2D eigenvalue weighted by atomic mass is 32.2.